The lowest BCUT2D eigenvalue weighted by atomic mass is 10.2. The highest BCUT2D eigenvalue weighted by Gasteiger charge is 1.96. The molecule has 1 aromatic heterocycles. The first-order valence-electron chi connectivity index (χ1n) is 3.70. The number of pyridine rings is 1. The summed E-state index contributed by atoms with van der Waals surface area (Å²) in [6.07, 6.45) is 3.32. The molecule has 0 unspecified atom stereocenters. The molecule has 0 saturated carbocycles. The molecule has 13 heavy (non-hydrogen) atoms. The maximum Gasteiger partial charge on any atom is 0.332 e. The molecular formula is C8H10N4O. The summed E-state index contributed by atoms with van der Waals surface area (Å²) in [6.45, 7) is 1.76. The van der Waals surface area contributed by atoms with E-state index in [-0.39, 0.29) is 0 Å². The Hall–Kier alpha value is -1.91. The Morgan fingerprint density at radius 2 is 2.46 bits per heavy atom. The molecule has 0 atom stereocenters. The maximum atomic E-state index is 10.3. The molecule has 0 aliphatic carbocycles. The Kier molecular flexibility index (Phi) is 2.97. The number of primary amides is 1. The van der Waals surface area contributed by atoms with Gasteiger partial charge in [-0.15, -0.1) is 0 Å². The molecule has 0 radical (unpaired) electrons. The number of hydrogen-bond donors (Lipinski definition) is 2. The van der Waals surface area contributed by atoms with E-state index in [0.29, 0.717) is 5.71 Å². The van der Waals surface area contributed by atoms with Gasteiger partial charge in [-0.05, 0) is 13.0 Å². The van der Waals surface area contributed by atoms with Crippen LogP contribution in [0, 0.1) is 0 Å². The van der Waals surface area contributed by atoms with Gasteiger partial charge in [0.15, 0.2) is 0 Å². The van der Waals surface area contributed by atoms with Crippen LogP contribution in [-0.2, 0) is 0 Å². The second-order valence-corrected chi connectivity index (χ2v) is 2.41. The van der Waals surface area contributed by atoms with E-state index >= 15 is 0 Å². The summed E-state index contributed by atoms with van der Waals surface area (Å²) < 4.78 is 0. The Morgan fingerprint density at radius 1 is 1.69 bits per heavy atom. The Labute approximate surface area is 75.7 Å². The Morgan fingerprint density at radius 3 is 3.00 bits per heavy atom. The lowest BCUT2D eigenvalue weighted by molar-refractivity contribution is 0.249. The predicted octanol–water partition coefficient (Wildman–Crippen LogP) is 0.474. The molecule has 68 valence electrons. The van der Waals surface area contributed by atoms with Crippen LogP contribution in [0.5, 0.6) is 0 Å². The summed E-state index contributed by atoms with van der Waals surface area (Å²) in [5.41, 5.74) is 8.49. The van der Waals surface area contributed by atoms with Crippen LogP contribution in [-0.4, -0.2) is 16.7 Å². The van der Waals surface area contributed by atoms with Crippen molar-refractivity contribution in [3.63, 3.8) is 0 Å². The number of nitrogens with two attached hydrogens (primary N) is 1. The van der Waals surface area contributed by atoms with Gasteiger partial charge in [0.05, 0.1) is 5.71 Å². The van der Waals surface area contributed by atoms with E-state index in [9.17, 15) is 4.79 Å². The van der Waals surface area contributed by atoms with Crippen LogP contribution in [0.2, 0.25) is 0 Å². The third kappa shape index (κ3) is 2.90. The SMILES string of the molecule is C/C(=N\NC(N)=O)c1cccnc1. The van der Waals surface area contributed by atoms with Gasteiger partial charge in [-0.1, -0.05) is 6.07 Å². The summed E-state index contributed by atoms with van der Waals surface area (Å²) in [6, 6.07) is 2.95. The number of urea groups is 1. The van der Waals surface area contributed by atoms with Crippen LogP contribution < -0.4 is 11.2 Å². The molecule has 2 amide bonds. The first-order valence-corrected chi connectivity index (χ1v) is 3.70. The lowest BCUT2D eigenvalue weighted by Gasteiger charge is -1.98. The first-order chi connectivity index (χ1) is 6.20. The molecule has 0 fully saturated rings. The molecule has 0 spiro atoms. The molecule has 1 aromatic rings. The molecular weight excluding hydrogens is 168 g/mol. The average molecular weight is 178 g/mol. The van der Waals surface area contributed by atoms with Gasteiger partial charge in [0, 0.05) is 18.0 Å². The minimum absolute atomic E-state index is 0.659. The van der Waals surface area contributed by atoms with Gasteiger partial charge in [-0.3, -0.25) is 4.98 Å². The molecule has 5 heteroatoms. The number of nitrogens with one attached hydrogen (secondary N) is 1. The molecule has 1 heterocycles. The predicted molar refractivity (Wildman–Crippen MR) is 49.2 cm³/mol. The first kappa shape index (κ1) is 9.18. The fraction of sp³-hybridized carbons (Fsp3) is 0.125. The summed E-state index contributed by atoms with van der Waals surface area (Å²) in [5.74, 6) is 0. The highest BCUT2D eigenvalue weighted by Crippen LogP contribution is 1.96. The van der Waals surface area contributed by atoms with Crippen molar-refractivity contribution in [1.82, 2.24) is 10.4 Å². The minimum Gasteiger partial charge on any atom is -0.350 e. The Balaban J connectivity index is 2.73. The van der Waals surface area contributed by atoms with Crippen molar-refractivity contribution in [3.8, 4) is 0 Å². The number of rotatable bonds is 2. The zero-order chi connectivity index (χ0) is 9.68. The summed E-state index contributed by atoms with van der Waals surface area (Å²) in [5, 5.41) is 3.75. The molecule has 3 N–H and O–H groups in total. The van der Waals surface area contributed by atoms with E-state index in [1.54, 1.807) is 25.4 Å². The maximum absolute atomic E-state index is 10.3. The van der Waals surface area contributed by atoms with Crippen molar-refractivity contribution in [2.75, 3.05) is 0 Å². The van der Waals surface area contributed by atoms with Crippen molar-refractivity contribution in [3.05, 3.63) is 30.1 Å². The summed E-state index contributed by atoms with van der Waals surface area (Å²) >= 11 is 0. The van der Waals surface area contributed by atoms with Gasteiger partial charge in [-0.2, -0.15) is 5.10 Å². The minimum atomic E-state index is -0.678. The molecule has 5 nitrogen and oxygen atoms in total. The number of carbonyl (C=O) groups is 1. The number of hydrazone groups is 1. The van der Waals surface area contributed by atoms with Crippen molar-refractivity contribution in [1.29, 1.82) is 0 Å². The number of amides is 2. The van der Waals surface area contributed by atoms with E-state index < -0.39 is 6.03 Å². The summed E-state index contributed by atoms with van der Waals surface area (Å²) in [7, 11) is 0. The van der Waals surface area contributed by atoms with Crippen molar-refractivity contribution in [2.24, 2.45) is 10.8 Å². The van der Waals surface area contributed by atoms with E-state index in [1.165, 1.54) is 0 Å². The topological polar surface area (TPSA) is 80.4 Å². The monoisotopic (exact) mass is 178 g/mol. The van der Waals surface area contributed by atoms with Crippen LogP contribution in [0.3, 0.4) is 0 Å². The Bertz CT molecular complexity index is 320. The normalized spacial score (nSPS) is 11.0. The zero-order valence-corrected chi connectivity index (χ0v) is 7.19. The lowest BCUT2D eigenvalue weighted by Crippen LogP contribution is -2.25. The van der Waals surface area contributed by atoms with Crippen molar-refractivity contribution in [2.45, 2.75) is 6.92 Å². The number of aromatic nitrogens is 1. The second-order valence-electron chi connectivity index (χ2n) is 2.41. The van der Waals surface area contributed by atoms with Gasteiger partial charge < -0.3 is 5.73 Å². The van der Waals surface area contributed by atoms with E-state index in [1.807, 2.05) is 6.07 Å². The molecule has 0 aliphatic heterocycles. The third-order valence-electron chi connectivity index (χ3n) is 1.41. The van der Waals surface area contributed by atoms with E-state index in [4.69, 9.17) is 5.73 Å². The van der Waals surface area contributed by atoms with Crippen LogP contribution in [0.25, 0.3) is 0 Å². The van der Waals surface area contributed by atoms with E-state index in [2.05, 4.69) is 15.5 Å². The molecule has 0 aromatic carbocycles. The van der Waals surface area contributed by atoms with Crippen molar-refractivity contribution < 1.29 is 4.79 Å². The number of nitrogens with zero attached hydrogens (tertiary/aromatic N) is 2. The van der Waals surface area contributed by atoms with Crippen molar-refractivity contribution >= 4 is 11.7 Å². The molecule has 0 bridgehead atoms. The smallest absolute Gasteiger partial charge is 0.332 e. The second kappa shape index (κ2) is 4.20. The van der Waals surface area contributed by atoms with Crippen LogP contribution >= 0.6 is 0 Å². The highest BCUT2D eigenvalue weighted by molar-refractivity contribution is 5.98. The largest absolute Gasteiger partial charge is 0.350 e. The molecule has 1 rings (SSSR count). The molecule has 0 saturated heterocycles. The van der Waals surface area contributed by atoms with Crippen LogP contribution in [0.15, 0.2) is 29.6 Å². The third-order valence-corrected chi connectivity index (χ3v) is 1.41. The number of carbonyl (C=O) groups excluding carboxylic acids is 1. The average Bonchev–Trinajstić information content (AvgIpc) is 2.15. The van der Waals surface area contributed by atoms with Gasteiger partial charge in [0.25, 0.3) is 0 Å². The van der Waals surface area contributed by atoms with E-state index in [0.717, 1.165) is 5.56 Å². The standard InChI is InChI=1S/C8H10N4O/c1-6(11-12-8(9)13)7-3-2-4-10-5-7/h2-5H,1H3,(H3,9,12,13)/b11-6+. The van der Waals surface area contributed by atoms with Gasteiger partial charge in [0.2, 0.25) is 0 Å². The van der Waals surface area contributed by atoms with Gasteiger partial charge >= 0.3 is 6.03 Å². The summed E-state index contributed by atoms with van der Waals surface area (Å²) in [4.78, 5) is 14.2. The highest BCUT2D eigenvalue weighted by atomic mass is 16.2. The fourth-order valence-corrected chi connectivity index (χ4v) is 0.780. The quantitative estimate of drug-likeness (QED) is 0.510. The van der Waals surface area contributed by atoms with Crippen LogP contribution in [0.4, 0.5) is 4.79 Å². The van der Waals surface area contributed by atoms with Crippen LogP contribution in [0.1, 0.15) is 12.5 Å². The zero-order valence-electron chi connectivity index (χ0n) is 7.19. The molecule has 0 aliphatic rings. The number of hydrogen-bond acceptors (Lipinski definition) is 3. The van der Waals surface area contributed by atoms with Gasteiger partial charge in [0.1, 0.15) is 0 Å². The fourth-order valence-electron chi connectivity index (χ4n) is 0.780. The van der Waals surface area contributed by atoms with Gasteiger partial charge in [-0.25, -0.2) is 10.2 Å².